The predicted octanol–water partition coefficient (Wildman–Crippen LogP) is 0.743. The molecule has 2 rings (SSSR count). The van der Waals surface area contributed by atoms with E-state index in [1.807, 2.05) is 0 Å². The van der Waals surface area contributed by atoms with E-state index in [9.17, 15) is 13.2 Å². The standard InChI is InChI=1S/C15H23N3O3S/c16-15(9-5-2-6-10-15)14(19)17-11-12-18-22(20,21)13-7-3-1-4-8-13/h1,3-4,7-8,18H,2,5-6,9-12,16H2,(H,17,19). The first-order chi connectivity index (χ1) is 10.4. The Balaban J connectivity index is 1.78. The van der Waals surface area contributed by atoms with E-state index in [-0.39, 0.29) is 23.9 Å². The van der Waals surface area contributed by atoms with Gasteiger partial charge in [0.15, 0.2) is 0 Å². The van der Waals surface area contributed by atoms with Crippen molar-refractivity contribution < 1.29 is 13.2 Å². The maximum Gasteiger partial charge on any atom is 0.240 e. The summed E-state index contributed by atoms with van der Waals surface area (Å²) in [4.78, 5) is 12.3. The van der Waals surface area contributed by atoms with Crippen molar-refractivity contribution in [3.05, 3.63) is 30.3 Å². The van der Waals surface area contributed by atoms with Crippen LogP contribution in [0.1, 0.15) is 32.1 Å². The first-order valence-electron chi connectivity index (χ1n) is 7.56. The third kappa shape index (κ3) is 4.28. The number of carbonyl (C=O) groups excluding carboxylic acids is 1. The van der Waals surface area contributed by atoms with Gasteiger partial charge in [-0.25, -0.2) is 13.1 Å². The van der Waals surface area contributed by atoms with E-state index in [1.165, 1.54) is 12.1 Å². The molecule has 0 aromatic heterocycles. The molecule has 122 valence electrons. The second-order valence-corrected chi connectivity index (χ2v) is 7.45. The summed E-state index contributed by atoms with van der Waals surface area (Å²) < 4.78 is 26.4. The molecule has 22 heavy (non-hydrogen) atoms. The summed E-state index contributed by atoms with van der Waals surface area (Å²) in [6, 6.07) is 8.13. The molecule has 0 aliphatic heterocycles. The number of nitrogens with two attached hydrogens (primary N) is 1. The Kier molecular flexibility index (Phi) is 5.55. The van der Waals surface area contributed by atoms with Crippen LogP contribution in [0.5, 0.6) is 0 Å². The Morgan fingerprint density at radius 2 is 1.73 bits per heavy atom. The second kappa shape index (κ2) is 7.21. The van der Waals surface area contributed by atoms with Gasteiger partial charge in [0.1, 0.15) is 0 Å². The highest BCUT2D eigenvalue weighted by Gasteiger charge is 2.34. The van der Waals surface area contributed by atoms with E-state index >= 15 is 0 Å². The highest BCUT2D eigenvalue weighted by atomic mass is 32.2. The Morgan fingerprint density at radius 3 is 2.36 bits per heavy atom. The summed E-state index contributed by atoms with van der Waals surface area (Å²) in [6.07, 6.45) is 4.42. The number of hydrogen-bond acceptors (Lipinski definition) is 4. The summed E-state index contributed by atoms with van der Waals surface area (Å²) >= 11 is 0. The second-order valence-electron chi connectivity index (χ2n) is 5.68. The molecule has 0 unspecified atom stereocenters. The van der Waals surface area contributed by atoms with Gasteiger partial charge in [-0.2, -0.15) is 0 Å². The maximum absolute atomic E-state index is 12.1. The van der Waals surface area contributed by atoms with E-state index in [1.54, 1.807) is 18.2 Å². The molecule has 0 radical (unpaired) electrons. The van der Waals surface area contributed by atoms with E-state index < -0.39 is 15.6 Å². The first kappa shape index (κ1) is 16.9. The molecule has 1 aliphatic rings. The van der Waals surface area contributed by atoms with Crippen LogP contribution in [0.2, 0.25) is 0 Å². The van der Waals surface area contributed by atoms with Crippen LogP contribution in [0.3, 0.4) is 0 Å². The smallest absolute Gasteiger partial charge is 0.240 e. The van der Waals surface area contributed by atoms with Gasteiger partial charge >= 0.3 is 0 Å². The average Bonchev–Trinajstić information content (AvgIpc) is 2.53. The van der Waals surface area contributed by atoms with Gasteiger partial charge in [-0.15, -0.1) is 0 Å². The van der Waals surface area contributed by atoms with Gasteiger partial charge in [-0.3, -0.25) is 4.79 Å². The minimum atomic E-state index is -3.53. The fraction of sp³-hybridized carbons (Fsp3) is 0.533. The van der Waals surface area contributed by atoms with Crippen molar-refractivity contribution in [3.63, 3.8) is 0 Å². The molecule has 1 fully saturated rings. The number of hydrogen-bond donors (Lipinski definition) is 3. The highest BCUT2D eigenvalue weighted by Crippen LogP contribution is 2.25. The van der Waals surface area contributed by atoms with Crippen molar-refractivity contribution in [2.24, 2.45) is 5.73 Å². The van der Waals surface area contributed by atoms with Crippen LogP contribution in [0.15, 0.2) is 35.2 Å². The Morgan fingerprint density at radius 1 is 1.09 bits per heavy atom. The zero-order valence-electron chi connectivity index (χ0n) is 12.5. The van der Waals surface area contributed by atoms with Crippen LogP contribution in [-0.2, 0) is 14.8 Å². The number of carbonyl (C=O) groups is 1. The van der Waals surface area contributed by atoms with Crippen LogP contribution < -0.4 is 15.8 Å². The van der Waals surface area contributed by atoms with Crippen LogP contribution in [0, 0.1) is 0 Å². The van der Waals surface area contributed by atoms with Gasteiger partial charge in [0.05, 0.1) is 10.4 Å². The summed E-state index contributed by atoms with van der Waals surface area (Å²) in [6.45, 7) is 0.364. The van der Waals surface area contributed by atoms with Crippen molar-refractivity contribution >= 4 is 15.9 Å². The summed E-state index contributed by atoms with van der Waals surface area (Å²) in [5, 5.41) is 2.73. The van der Waals surface area contributed by atoms with Crippen LogP contribution in [0.4, 0.5) is 0 Å². The molecular weight excluding hydrogens is 302 g/mol. The lowest BCUT2D eigenvalue weighted by molar-refractivity contribution is -0.127. The average molecular weight is 325 g/mol. The highest BCUT2D eigenvalue weighted by molar-refractivity contribution is 7.89. The number of nitrogens with one attached hydrogen (secondary N) is 2. The number of amides is 1. The topological polar surface area (TPSA) is 101 Å². The predicted molar refractivity (Wildman–Crippen MR) is 84.6 cm³/mol. The van der Waals surface area contributed by atoms with Gasteiger partial charge in [0.2, 0.25) is 15.9 Å². The van der Waals surface area contributed by atoms with E-state index in [0.717, 1.165) is 19.3 Å². The van der Waals surface area contributed by atoms with Crippen molar-refractivity contribution in [2.45, 2.75) is 42.5 Å². The molecule has 4 N–H and O–H groups in total. The largest absolute Gasteiger partial charge is 0.353 e. The van der Waals surface area contributed by atoms with E-state index in [0.29, 0.717) is 12.8 Å². The number of benzene rings is 1. The molecule has 1 aromatic rings. The van der Waals surface area contributed by atoms with E-state index in [2.05, 4.69) is 10.0 Å². The lowest BCUT2D eigenvalue weighted by atomic mass is 9.82. The van der Waals surface area contributed by atoms with Crippen molar-refractivity contribution in [2.75, 3.05) is 13.1 Å². The summed E-state index contributed by atoms with van der Waals surface area (Å²) in [5.41, 5.74) is 5.32. The normalized spacial score (nSPS) is 17.9. The molecule has 0 atom stereocenters. The van der Waals surface area contributed by atoms with Crippen molar-refractivity contribution in [3.8, 4) is 0 Å². The Labute approximate surface area is 131 Å². The molecule has 0 spiro atoms. The lowest BCUT2D eigenvalue weighted by Gasteiger charge is -2.31. The molecule has 6 nitrogen and oxygen atoms in total. The number of sulfonamides is 1. The maximum atomic E-state index is 12.1. The zero-order valence-corrected chi connectivity index (χ0v) is 13.4. The van der Waals surface area contributed by atoms with Crippen molar-refractivity contribution in [1.29, 1.82) is 0 Å². The minimum Gasteiger partial charge on any atom is -0.353 e. The monoisotopic (exact) mass is 325 g/mol. The quantitative estimate of drug-likeness (QED) is 0.672. The summed E-state index contributed by atoms with van der Waals surface area (Å²) in [5.74, 6) is -0.189. The zero-order chi connectivity index (χ0) is 16.1. The molecular formula is C15H23N3O3S. The molecule has 1 saturated carbocycles. The molecule has 0 bridgehead atoms. The molecule has 0 saturated heterocycles. The SMILES string of the molecule is NC1(C(=O)NCCNS(=O)(=O)c2ccccc2)CCCCC1. The molecule has 1 aromatic carbocycles. The van der Waals surface area contributed by atoms with Crippen LogP contribution >= 0.6 is 0 Å². The Bertz CT molecular complexity index is 596. The van der Waals surface area contributed by atoms with Gasteiger partial charge in [0, 0.05) is 13.1 Å². The van der Waals surface area contributed by atoms with Crippen LogP contribution in [-0.4, -0.2) is 33.0 Å². The van der Waals surface area contributed by atoms with Gasteiger partial charge in [0.25, 0.3) is 0 Å². The molecule has 1 aliphatic carbocycles. The third-order valence-corrected chi connectivity index (χ3v) is 5.43. The molecule has 7 heteroatoms. The minimum absolute atomic E-state index is 0.138. The summed E-state index contributed by atoms with van der Waals surface area (Å²) in [7, 11) is -3.53. The van der Waals surface area contributed by atoms with Gasteiger partial charge < -0.3 is 11.1 Å². The third-order valence-electron chi connectivity index (χ3n) is 3.95. The fourth-order valence-corrected chi connectivity index (χ4v) is 3.68. The number of rotatable bonds is 6. The van der Waals surface area contributed by atoms with Gasteiger partial charge in [-0.05, 0) is 25.0 Å². The van der Waals surface area contributed by atoms with E-state index in [4.69, 9.17) is 5.73 Å². The Hall–Kier alpha value is -1.44. The fourth-order valence-electron chi connectivity index (χ4n) is 2.63. The first-order valence-corrected chi connectivity index (χ1v) is 9.04. The lowest BCUT2D eigenvalue weighted by Crippen LogP contribution is -2.55. The molecule has 0 heterocycles. The van der Waals surface area contributed by atoms with Crippen LogP contribution in [0.25, 0.3) is 0 Å². The van der Waals surface area contributed by atoms with Gasteiger partial charge in [-0.1, -0.05) is 37.5 Å². The molecule has 1 amide bonds. The van der Waals surface area contributed by atoms with Crippen molar-refractivity contribution in [1.82, 2.24) is 10.0 Å².